The first-order chi connectivity index (χ1) is 9.14. The number of likely N-dealkylation sites (tertiary alicyclic amines) is 1. The highest BCUT2D eigenvalue weighted by atomic mass is 35.5. The Morgan fingerprint density at radius 3 is 2.48 bits per heavy atom. The zero-order valence-electron chi connectivity index (χ0n) is 13.4. The lowest BCUT2D eigenvalue weighted by molar-refractivity contribution is -0.132. The van der Waals surface area contributed by atoms with Gasteiger partial charge in [0, 0.05) is 33.3 Å². The number of carbonyl (C=O) groups is 1. The van der Waals surface area contributed by atoms with Gasteiger partial charge in [-0.2, -0.15) is 0 Å². The average Bonchev–Trinajstić information content (AvgIpc) is 2.90. The van der Waals surface area contributed by atoms with E-state index in [-0.39, 0.29) is 36.8 Å². The Hall–Kier alpha value is -0.0700. The molecule has 0 aliphatic carbocycles. The maximum atomic E-state index is 12.1. The number of nitrogens with two attached hydrogens (primary N) is 1. The minimum atomic E-state index is -0.144. The Morgan fingerprint density at radius 2 is 2.00 bits per heavy atom. The highest BCUT2D eigenvalue weighted by Gasteiger charge is 2.28. The summed E-state index contributed by atoms with van der Waals surface area (Å²) in [5.74, 6) is 0.794. The van der Waals surface area contributed by atoms with Crippen LogP contribution >= 0.6 is 24.8 Å². The monoisotopic (exact) mass is 343 g/mol. The van der Waals surface area contributed by atoms with Gasteiger partial charge in [0.25, 0.3) is 0 Å². The second-order valence-corrected chi connectivity index (χ2v) is 5.28. The van der Waals surface area contributed by atoms with E-state index >= 15 is 0 Å². The fraction of sp³-hybridized carbons (Fsp3) is 0.929. The van der Waals surface area contributed by atoms with Crippen LogP contribution in [0.25, 0.3) is 0 Å². The molecule has 1 aliphatic rings. The number of hydrogen-bond acceptors (Lipinski definition) is 4. The summed E-state index contributed by atoms with van der Waals surface area (Å²) >= 11 is 0. The third-order valence-electron chi connectivity index (χ3n) is 4.05. The molecule has 7 heteroatoms. The fourth-order valence-electron chi connectivity index (χ4n) is 2.64. The number of rotatable bonds is 8. The van der Waals surface area contributed by atoms with Gasteiger partial charge in [-0.1, -0.05) is 13.8 Å². The standard InChI is InChI=1S/C14H29N3O2.2ClH/c1-4-16(5-2)10-12-6-7-17(11-12)14(18)8-13(9-15)19-3;;/h12-13H,4-11,15H2,1-3H3;2*1H. The summed E-state index contributed by atoms with van der Waals surface area (Å²) in [7, 11) is 1.61. The molecular formula is C14H31Cl2N3O2. The molecule has 1 aliphatic heterocycles. The highest BCUT2D eigenvalue weighted by Crippen LogP contribution is 2.18. The van der Waals surface area contributed by atoms with Gasteiger partial charge in [-0.05, 0) is 25.4 Å². The van der Waals surface area contributed by atoms with Gasteiger partial charge in [-0.25, -0.2) is 0 Å². The summed E-state index contributed by atoms with van der Waals surface area (Å²) in [6, 6.07) is 0. The topological polar surface area (TPSA) is 58.8 Å². The molecule has 2 atom stereocenters. The van der Waals surface area contributed by atoms with Crippen molar-refractivity contribution in [3.8, 4) is 0 Å². The molecule has 5 nitrogen and oxygen atoms in total. The number of ether oxygens (including phenoxy) is 1. The number of nitrogens with zero attached hydrogens (tertiary/aromatic N) is 2. The zero-order chi connectivity index (χ0) is 14.3. The lowest BCUT2D eigenvalue weighted by atomic mass is 10.1. The molecule has 0 aromatic carbocycles. The first-order valence-electron chi connectivity index (χ1n) is 7.37. The Bertz CT molecular complexity index is 275. The van der Waals surface area contributed by atoms with Crippen LogP contribution in [0, 0.1) is 5.92 Å². The van der Waals surface area contributed by atoms with E-state index in [1.165, 1.54) is 0 Å². The summed E-state index contributed by atoms with van der Waals surface area (Å²) < 4.78 is 5.18. The van der Waals surface area contributed by atoms with Crippen molar-refractivity contribution in [2.75, 3.05) is 46.4 Å². The largest absolute Gasteiger partial charge is 0.380 e. The lowest BCUT2D eigenvalue weighted by Gasteiger charge is -2.23. The first-order valence-corrected chi connectivity index (χ1v) is 7.37. The first kappa shape index (κ1) is 23.2. The molecule has 0 radical (unpaired) electrons. The maximum absolute atomic E-state index is 12.1. The molecule has 1 fully saturated rings. The van der Waals surface area contributed by atoms with Crippen LogP contribution < -0.4 is 5.73 Å². The number of halogens is 2. The molecule has 0 aromatic rings. The second-order valence-electron chi connectivity index (χ2n) is 5.28. The summed E-state index contributed by atoms with van der Waals surface area (Å²) in [6.45, 7) is 9.81. The smallest absolute Gasteiger partial charge is 0.225 e. The molecule has 0 saturated carbocycles. The molecule has 2 N–H and O–H groups in total. The summed E-state index contributed by atoms with van der Waals surface area (Å²) in [5, 5.41) is 0. The molecule has 0 bridgehead atoms. The number of amides is 1. The van der Waals surface area contributed by atoms with E-state index in [2.05, 4.69) is 18.7 Å². The van der Waals surface area contributed by atoms with Crippen LogP contribution in [0.5, 0.6) is 0 Å². The Balaban J connectivity index is 0. The van der Waals surface area contributed by atoms with Crippen molar-refractivity contribution in [3.05, 3.63) is 0 Å². The molecule has 0 aromatic heterocycles. The molecule has 1 rings (SSSR count). The minimum absolute atomic E-state index is 0. The predicted molar refractivity (Wildman–Crippen MR) is 91.4 cm³/mol. The number of hydrogen-bond donors (Lipinski definition) is 1. The molecule has 0 spiro atoms. The van der Waals surface area contributed by atoms with E-state index in [9.17, 15) is 4.79 Å². The minimum Gasteiger partial charge on any atom is -0.380 e. The third-order valence-corrected chi connectivity index (χ3v) is 4.05. The molecule has 128 valence electrons. The lowest BCUT2D eigenvalue weighted by Crippen LogP contribution is -2.36. The summed E-state index contributed by atoms with van der Waals surface area (Å²) in [6.07, 6.45) is 1.38. The van der Waals surface area contributed by atoms with Crippen molar-refractivity contribution in [1.29, 1.82) is 0 Å². The van der Waals surface area contributed by atoms with Crippen molar-refractivity contribution in [3.63, 3.8) is 0 Å². The van der Waals surface area contributed by atoms with Gasteiger partial charge in [0.2, 0.25) is 5.91 Å². The van der Waals surface area contributed by atoms with E-state index in [4.69, 9.17) is 10.5 Å². The van der Waals surface area contributed by atoms with Gasteiger partial charge in [0.05, 0.1) is 12.5 Å². The summed E-state index contributed by atoms with van der Waals surface area (Å²) in [5.41, 5.74) is 5.56. The molecule has 2 unspecified atom stereocenters. The van der Waals surface area contributed by atoms with Crippen molar-refractivity contribution in [2.45, 2.75) is 32.8 Å². The van der Waals surface area contributed by atoms with Gasteiger partial charge in [-0.15, -0.1) is 24.8 Å². The molecule has 1 heterocycles. The van der Waals surface area contributed by atoms with E-state index in [0.717, 1.165) is 39.1 Å². The molecular weight excluding hydrogens is 313 g/mol. The van der Waals surface area contributed by atoms with Gasteiger partial charge in [-0.3, -0.25) is 4.79 Å². The number of carbonyl (C=O) groups excluding carboxylic acids is 1. The van der Waals surface area contributed by atoms with Gasteiger partial charge in [0.1, 0.15) is 0 Å². The summed E-state index contributed by atoms with van der Waals surface area (Å²) in [4.78, 5) is 16.5. The van der Waals surface area contributed by atoms with Crippen LogP contribution in [-0.4, -0.2) is 68.2 Å². The number of methoxy groups -OCH3 is 1. The van der Waals surface area contributed by atoms with Crippen LogP contribution in [0.3, 0.4) is 0 Å². The molecule has 21 heavy (non-hydrogen) atoms. The van der Waals surface area contributed by atoms with E-state index in [0.29, 0.717) is 18.9 Å². The maximum Gasteiger partial charge on any atom is 0.225 e. The predicted octanol–water partition coefficient (Wildman–Crippen LogP) is 1.38. The van der Waals surface area contributed by atoms with E-state index < -0.39 is 0 Å². The van der Waals surface area contributed by atoms with Crippen molar-refractivity contribution < 1.29 is 9.53 Å². The van der Waals surface area contributed by atoms with Crippen molar-refractivity contribution >= 4 is 30.7 Å². The van der Waals surface area contributed by atoms with Crippen LogP contribution in [0.2, 0.25) is 0 Å². The Morgan fingerprint density at radius 1 is 1.38 bits per heavy atom. The normalized spacial score (nSPS) is 19.1. The average molecular weight is 344 g/mol. The molecule has 1 saturated heterocycles. The highest BCUT2D eigenvalue weighted by molar-refractivity contribution is 5.85. The Labute approximate surface area is 141 Å². The van der Waals surface area contributed by atoms with Crippen LogP contribution in [0.15, 0.2) is 0 Å². The second kappa shape index (κ2) is 12.5. The van der Waals surface area contributed by atoms with Crippen molar-refractivity contribution in [2.24, 2.45) is 11.7 Å². The quantitative estimate of drug-likeness (QED) is 0.723. The van der Waals surface area contributed by atoms with Gasteiger partial charge in [0.15, 0.2) is 0 Å². The fourth-order valence-corrected chi connectivity index (χ4v) is 2.64. The van der Waals surface area contributed by atoms with Crippen LogP contribution in [0.1, 0.15) is 26.7 Å². The van der Waals surface area contributed by atoms with E-state index in [1.807, 2.05) is 4.90 Å². The van der Waals surface area contributed by atoms with E-state index in [1.54, 1.807) is 7.11 Å². The van der Waals surface area contributed by atoms with Gasteiger partial charge < -0.3 is 20.3 Å². The third kappa shape index (κ3) is 7.66. The van der Waals surface area contributed by atoms with Gasteiger partial charge >= 0.3 is 0 Å². The zero-order valence-corrected chi connectivity index (χ0v) is 15.0. The van der Waals surface area contributed by atoms with Crippen LogP contribution in [-0.2, 0) is 9.53 Å². The van der Waals surface area contributed by atoms with Crippen LogP contribution in [0.4, 0.5) is 0 Å². The van der Waals surface area contributed by atoms with Crippen molar-refractivity contribution in [1.82, 2.24) is 9.80 Å². The molecule has 1 amide bonds. The Kier molecular flexibility index (Phi) is 13.8. The SMILES string of the molecule is CCN(CC)CC1CCN(C(=O)CC(CN)OC)C1.Cl.Cl.